The third-order valence-electron chi connectivity index (χ3n) is 7.10. The zero-order valence-corrected chi connectivity index (χ0v) is 19.4. The van der Waals surface area contributed by atoms with E-state index >= 15 is 0 Å². The van der Waals surface area contributed by atoms with Crippen LogP contribution in [0.1, 0.15) is 39.0 Å². The van der Waals surface area contributed by atoms with E-state index in [0.29, 0.717) is 38.9 Å². The van der Waals surface area contributed by atoms with E-state index in [-0.39, 0.29) is 37.0 Å². The first-order valence-corrected chi connectivity index (χ1v) is 11.7. The number of ether oxygens (including phenoxy) is 1. The van der Waals surface area contributed by atoms with Gasteiger partial charge in [-0.1, -0.05) is 25.5 Å². The van der Waals surface area contributed by atoms with Gasteiger partial charge in [0, 0.05) is 39.8 Å². The number of likely N-dealkylation sites (N-methyl/N-ethyl adjacent to an activating group) is 1. The van der Waals surface area contributed by atoms with E-state index in [4.69, 9.17) is 4.74 Å². The highest BCUT2D eigenvalue weighted by Crippen LogP contribution is 2.58. The average Bonchev–Trinajstić information content (AvgIpc) is 3.41. The standard InChI is InChI=1S/C24H37N3O5/c1-5-8-14-26(13-7-3)23(31)20-24-11-10-17(32-24)18(21(29)25(4)12-6-2)19(24)22(30)27(20)15-9-16-28/h6-7,17-20,28H,2-3,5,8-16H2,1,4H3/t17-,18+,19+,20?,24?/m1/s1. The molecule has 0 radical (unpaired) electrons. The first kappa shape index (κ1) is 24.5. The van der Waals surface area contributed by atoms with Gasteiger partial charge in [0.2, 0.25) is 17.7 Å². The summed E-state index contributed by atoms with van der Waals surface area (Å²) >= 11 is 0. The van der Waals surface area contributed by atoms with Crippen LogP contribution in [0, 0.1) is 11.8 Å². The number of aliphatic hydroxyl groups excluding tert-OH is 1. The van der Waals surface area contributed by atoms with Crippen LogP contribution in [0.2, 0.25) is 0 Å². The zero-order valence-electron chi connectivity index (χ0n) is 19.4. The molecule has 8 nitrogen and oxygen atoms in total. The smallest absolute Gasteiger partial charge is 0.248 e. The van der Waals surface area contributed by atoms with E-state index < -0.39 is 23.5 Å². The van der Waals surface area contributed by atoms with Crippen LogP contribution in [0.15, 0.2) is 25.3 Å². The maximum atomic E-state index is 13.8. The van der Waals surface area contributed by atoms with Gasteiger partial charge in [0.05, 0.1) is 17.9 Å². The molecule has 0 saturated carbocycles. The van der Waals surface area contributed by atoms with Gasteiger partial charge >= 0.3 is 0 Å². The molecule has 1 spiro atoms. The molecule has 0 aromatic heterocycles. The number of fused-ring (bicyclic) bond motifs is 1. The maximum Gasteiger partial charge on any atom is 0.248 e. The highest BCUT2D eigenvalue weighted by molar-refractivity contribution is 5.99. The molecule has 3 aliphatic rings. The second-order valence-corrected chi connectivity index (χ2v) is 9.10. The fraction of sp³-hybridized carbons (Fsp3) is 0.708. The minimum absolute atomic E-state index is 0.0809. The van der Waals surface area contributed by atoms with Gasteiger partial charge in [-0.15, -0.1) is 13.2 Å². The Labute approximate surface area is 190 Å². The summed E-state index contributed by atoms with van der Waals surface area (Å²) in [5.41, 5.74) is -0.991. The average molecular weight is 448 g/mol. The summed E-state index contributed by atoms with van der Waals surface area (Å²) in [6, 6.07) is -0.782. The van der Waals surface area contributed by atoms with E-state index in [1.807, 2.05) is 0 Å². The van der Waals surface area contributed by atoms with Crippen molar-refractivity contribution in [2.24, 2.45) is 11.8 Å². The molecule has 5 atom stereocenters. The number of amides is 3. The summed E-state index contributed by atoms with van der Waals surface area (Å²) in [5, 5.41) is 9.40. The molecule has 8 heteroatoms. The first-order chi connectivity index (χ1) is 15.4. The molecule has 0 aliphatic carbocycles. The minimum atomic E-state index is -0.991. The van der Waals surface area contributed by atoms with E-state index in [9.17, 15) is 19.5 Å². The molecule has 32 heavy (non-hydrogen) atoms. The highest BCUT2D eigenvalue weighted by atomic mass is 16.5. The minimum Gasteiger partial charge on any atom is -0.396 e. The third kappa shape index (κ3) is 3.99. The van der Waals surface area contributed by atoms with E-state index in [0.717, 1.165) is 12.8 Å². The van der Waals surface area contributed by atoms with Gasteiger partial charge < -0.3 is 24.5 Å². The summed E-state index contributed by atoms with van der Waals surface area (Å²) in [5.74, 6) is -1.78. The number of carbonyl (C=O) groups is 3. The Morgan fingerprint density at radius 1 is 1.25 bits per heavy atom. The number of unbranched alkanes of at least 4 members (excludes halogenated alkanes) is 1. The summed E-state index contributed by atoms with van der Waals surface area (Å²) in [7, 11) is 1.70. The van der Waals surface area contributed by atoms with E-state index in [2.05, 4.69) is 20.1 Å². The fourth-order valence-corrected chi connectivity index (χ4v) is 5.70. The Morgan fingerprint density at radius 3 is 2.59 bits per heavy atom. The van der Waals surface area contributed by atoms with Crippen LogP contribution in [-0.4, -0.2) is 95.1 Å². The monoisotopic (exact) mass is 447 g/mol. The molecule has 3 saturated heterocycles. The number of nitrogens with zero attached hydrogens (tertiary/aromatic N) is 3. The van der Waals surface area contributed by atoms with Crippen LogP contribution in [0.25, 0.3) is 0 Å². The van der Waals surface area contributed by atoms with E-state index in [1.54, 1.807) is 33.9 Å². The summed E-state index contributed by atoms with van der Waals surface area (Å²) in [6.45, 7) is 11.1. The normalized spacial score (nSPS) is 30.3. The Hall–Kier alpha value is -2.19. The van der Waals surface area contributed by atoms with Crippen molar-refractivity contribution in [3.63, 3.8) is 0 Å². The van der Waals surface area contributed by atoms with Gasteiger partial charge in [0.25, 0.3) is 0 Å². The predicted octanol–water partition coefficient (Wildman–Crippen LogP) is 1.20. The molecule has 3 rings (SSSR count). The first-order valence-electron chi connectivity index (χ1n) is 11.7. The van der Waals surface area contributed by atoms with Crippen molar-refractivity contribution < 1.29 is 24.2 Å². The van der Waals surface area contributed by atoms with Gasteiger partial charge in [-0.3, -0.25) is 14.4 Å². The van der Waals surface area contributed by atoms with Crippen molar-refractivity contribution in [2.45, 2.75) is 56.8 Å². The fourth-order valence-electron chi connectivity index (χ4n) is 5.70. The van der Waals surface area contributed by atoms with Gasteiger partial charge in [-0.25, -0.2) is 0 Å². The van der Waals surface area contributed by atoms with Crippen LogP contribution in [0.3, 0.4) is 0 Å². The summed E-state index contributed by atoms with van der Waals surface area (Å²) in [6.07, 6.45) is 6.37. The molecule has 2 bridgehead atoms. The molecule has 1 N–H and O–H groups in total. The Bertz CT molecular complexity index is 756. The number of likely N-dealkylation sites (tertiary alicyclic amines) is 1. The van der Waals surface area contributed by atoms with Crippen molar-refractivity contribution in [1.82, 2.24) is 14.7 Å². The van der Waals surface area contributed by atoms with Crippen LogP contribution in [0.4, 0.5) is 0 Å². The van der Waals surface area contributed by atoms with Crippen LogP contribution in [-0.2, 0) is 19.1 Å². The lowest BCUT2D eigenvalue weighted by molar-refractivity contribution is -0.148. The van der Waals surface area contributed by atoms with E-state index in [1.165, 1.54) is 0 Å². The van der Waals surface area contributed by atoms with Crippen LogP contribution >= 0.6 is 0 Å². The number of hydrogen-bond acceptors (Lipinski definition) is 5. The lowest BCUT2D eigenvalue weighted by atomic mass is 9.70. The van der Waals surface area contributed by atoms with Crippen molar-refractivity contribution in [3.8, 4) is 0 Å². The number of rotatable bonds is 12. The molecule has 3 heterocycles. The molecule has 3 aliphatic heterocycles. The van der Waals surface area contributed by atoms with Crippen molar-refractivity contribution in [3.05, 3.63) is 25.3 Å². The molecule has 178 valence electrons. The van der Waals surface area contributed by atoms with Crippen LogP contribution < -0.4 is 0 Å². The number of hydrogen-bond donors (Lipinski definition) is 1. The molecule has 2 unspecified atom stereocenters. The lowest BCUT2D eigenvalue weighted by Crippen LogP contribution is -2.56. The molecule has 0 aromatic rings. The zero-order chi connectivity index (χ0) is 23.5. The maximum absolute atomic E-state index is 13.8. The van der Waals surface area contributed by atoms with Crippen LogP contribution in [0.5, 0.6) is 0 Å². The van der Waals surface area contributed by atoms with Gasteiger partial charge in [0.15, 0.2) is 0 Å². The summed E-state index contributed by atoms with van der Waals surface area (Å²) in [4.78, 5) is 45.6. The quantitative estimate of drug-likeness (QED) is 0.454. The van der Waals surface area contributed by atoms with Crippen molar-refractivity contribution in [2.75, 3.05) is 39.8 Å². The second kappa shape index (κ2) is 10.2. The Balaban J connectivity index is 1.98. The van der Waals surface area contributed by atoms with Gasteiger partial charge in [-0.05, 0) is 25.7 Å². The molecular formula is C24H37N3O5. The van der Waals surface area contributed by atoms with Gasteiger partial charge in [-0.2, -0.15) is 0 Å². The Morgan fingerprint density at radius 2 is 1.97 bits per heavy atom. The van der Waals surface area contributed by atoms with Gasteiger partial charge in [0.1, 0.15) is 11.6 Å². The number of aliphatic hydroxyl groups is 1. The molecule has 0 aromatic carbocycles. The lowest BCUT2D eigenvalue weighted by Gasteiger charge is -2.37. The predicted molar refractivity (Wildman–Crippen MR) is 121 cm³/mol. The molecular weight excluding hydrogens is 410 g/mol. The SMILES string of the molecule is C=CCN(C)C(=O)[C@@H]1[C@H]2C(=O)N(CCCO)C(C(=O)N(CC=C)CCCC)C23CC[C@H]1O3. The molecule has 3 fully saturated rings. The topological polar surface area (TPSA) is 90.4 Å². The third-order valence-corrected chi connectivity index (χ3v) is 7.10. The molecule has 3 amide bonds. The highest BCUT2D eigenvalue weighted by Gasteiger charge is 2.74. The number of carbonyl (C=O) groups excluding carboxylic acids is 3. The van der Waals surface area contributed by atoms with Crippen molar-refractivity contribution >= 4 is 17.7 Å². The van der Waals surface area contributed by atoms with Crippen molar-refractivity contribution in [1.29, 1.82) is 0 Å². The second-order valence-electron chi connectivity index (χ2n) is 9.10. The Kier molecular flexibility index (Phi) is 7.77. The summed E-state index contributed by atoms with van der Waals surface area (Å²) < 4.78 is 6.42. The largest absolute Gasteiger partial charge is 0.396 e.